The fourth-order valence-electron chi connectivity index (χ4n) is 3.25. The predicted molar refractivity (Wildman–Crippen MR) is 108 cm³/mol. The molecule has 0 aromatic heterocycles. The molecule has 1 unspecified atom stereocenters. The van der Waals surface area contributed by atoms with Crippen LogP contribution in [0.25, 0.3) is 0 Å². The van der Waals surface area contributed by atoms with Gasteiger partial charge in [0.25, 0.3) is 0 Å². The summed E-state index contributed by atoms with van der Waals surface area (Å²) in [6, 6.07) is 2.91. The number of halogens is 4. The maximum absolute atomic E-state index is 13.4. The van der Waals surface area contributed by atoms with Crippen molar-refractivity contribution in [3.05, 3.63) is 40.9 Å². The smallest absolute Gasteiger partial charge is 0.419 e. The van der Waals surface area contributed by atoms with Crippen molar-refractivity contribution in [2.45, 2.75) is 57.0 Å². The zero-order chi connectivity index (χ0) is 22.3. The second kappa shape index (κ2) is 10.8. The minimum Gasteiger partial charge on any atom is -0.511 e. The summed E-state index contributed by atoms with van der Waals surface area (Å²) in [6.45, 7) is 4.07. The summed E-state index contributed by atoms with van der Waals surface area (Å²) >= 11 is 1.16. The van der Waals surface area contributed by atoms with Gasteiger partial charge in [-0.05, 0) is 49.6 Å². The number of aliphatic hydroxyl groups is 1. The SMILES string of the molecule is CCCC(=NOCC)C1=C(O)CC(CCSc2ccc(F)c(C(F)(F)F)c2)CC1=O. The number of carbonyl (C=O) groups excluding carboxylic acids is 1. The molecule has 0 heterocycles. The van der Waals surface area contributed by atoms with E-state index in [1.165, 1.54) is 6.07 Å². The molecule has 30 heavy (non-hydrogen) atoms. The van der Waals surface area contributed by atoms with Crippen molar-refractivity contribution in [1.29, 1.82) is 0 Å². The number of thioether (sulfide) groups is 1. The lowest BCUT2D eigenvalue weighted by Gasteiger charge is -2.24. The quantitative estimate of drug-likeness (QED) is 0.209. The van der Waals surface area contributed by atoms with Crippen LogP contribution in [0.4, 0.5) is 17.6 Å². The van der Waals surface area contributed by atoms with E-state index in [1.807, 2.05) is 6.92 Å². The molecule has 0 amide bonds. The summed E-state index contributed by atoms with van der Waals surface area (Å²) in [5.74, 6) is -1.20. The normalized spacial score (nSPS) is 18.1. The van der Waals surface area contributed by atoms with Gasteiger partial charge in [-0.3, -0.25) is 4.79 Å². The van der Waals surface area contributed by atoms with E-state index in [4.69, 9.17) is 4.84 Å². The summed E-state index contributed by atoms with van der Waals surface area (Å²) in [7, 11) is 0. The first-order chi connectivity index (χ1) is 14.2. The van der Waals surface area contributed by atoms with Crippen LogP contribution < -0.4 is 0 Å². The number of nitrogens with zero attached hydrogens (tertiary/aromatic N) is 1. The Bertz CT molecular complexity index is 821. The average Bonchev–Trinajstić information content (AvgIpc) is 2.66. The number of hydrogen-bond donors (Lipinski definition) is 1. The number of hydrogen-bond acceptors (Lipinski definition) is 5. The summed E-state index contributed by atoms with van der Waals surface area (Å²) in [5.41, 5.74) is -0.620. The average molecular weight is 447 g/mol. The Morgan fingerprint density at radius 3 is 2.63 bits per heavy atom. The summed E-state index contributed by atoms with van der Waals surface area (Å²) < 4.78 is 51.9. The van der Waals surface area contributed by atoms with Crippen molar-refractivity contribution in [3.63, 3.8) is 0 Å². The highest BCUT2D eigenvalue weighted by molar-refractivity contribution is 7.99. The maximum Gasteiger partial charge on any atom is 0.419 e. The fourth-order valence-corrected chi connectivity index (χ4v) is 4.31. The number of alkyl halides is 3. The van der Waals surface area contributed by atoms with E-state index >= 15 is 0 Å². The molecule has 0 bridgehead atoms. The number of rotatable bonds is 9. The van der Waals surface area contributed by atoms with Gasteiger partial charge in [-0.25, -0.2) is 4.39 Å². The third kappa shape index (κ3) is 6.48. The van der Waals surface area contributed by atoms with E-state index < -0.39 is 17.6 Å². The maximum atomic E-state index is 13.4. The van der Waals surface area contributed by atoms with Crippen LogP contribution in [0.1, 0.15) is 51.5 Å². The first-order valence-electron chi connectivity index (χ1n) is 9.81. The van der Waals surface area contributed by atoms with Gasteiger partial charge >= 0.3 is 6.18 Å². The van der Waals surface area contributed by atoms with Crippen LogP contribution >= 0.6 is 11.8 Å². The van der Waals surface area contributed by atoms with Crippen LogP contribution in [-0.2, 0) is 15.8 Å². The third-order valence-corrected chi connectivity index (χ3v) is 5.67. The zero-order valence-corrected chi connectivity index (χ0v) is 17.7. The number of ketones is 1. The Morgan fingerprint density at radius 2 is 2.03 bits per heavy atom. The van der Waals surface area contributed by atoms with Crippen LogP contribution in [0.3, 0.4) is 0 Å². The molecule has 1 aromatic rings. The molecular weight excluding hydrogens is 422 g/mol. The van der Waals surface area contributed by atoms with Gasteiger partial charge in [0.1, 0.15) is 18.2 Å². The van der Waals surface area contributed by atoms with E-state index in [0.717, 1.165) is 30.3 Å². The molecule has 4 nitrogen and oxygen atoms in total. The Balaban J connectivity index is 2.01. The van der Waals surface area contributed by atoms with Crippen molar-refractivity contribution in [2.24, 2.45) is 11.1 Å². The molecule has 1 aromatic carbocycles. The van der Waals surface area contributed by atoms with E-state index in [0.29, 0.717) is 42.2 Å². The molecule has 2 rings (SSSR count). The lowest BCUT2D eigenvalue weighted by Crippen LogP contribution is -2.25. The van der Waals surface area contributed by atoms with Gasteiger partial charge in [0.2, 0.25) is 0 Å². The minimum atomic E-state index is -4.75. The van der Waals surface area contributed by atoms with Crippen molar-refractivity contribution < 1.29 is 32.3 Å². The van der Waals surface area contributed by atoms with Gasteiger partial charge < -0.3 is 9.94 Å². The third-order valence-electron chi connectivity index (χ3n) is 4.64. The fraction of sp³-hybridized carbons (Fsp3) is 0.524. The number of Topliss-reactive ketones (excluding diaryl/α,β-unsaturated/α-hetero) is 1. The topological polar surface area (TPSA) is 58.9 Å². The Kier molecular flexibility index (Phi) is 8.76. The number of aliphatic hydroxyl groups excluding tert-OH is 1. The molecule has 1 aliphatic carbocycles. The van der Waals surface area contributed by atoms with Crippen molar-refractivity contribution in [3.8, 4) is 0 Å². The molecule has 0 aliphatic heterocycles. The number of oxime groups is 1. The van der Waals surface area contributed by atoms with E-state index in [2.05, 4.69) is 5.16 Å². The second-order valence-corrected chi connectivity index (χ2v) is 8.17. The Labute approximate surface area is 177 Å². The van der Waals surface area contributed by atoms with Gasteiger partial charge in [-0.15, -0.1) is 11.8 Å². The molecule has 0 radical (unpaired) electrons. The number of carbonyl (C=O) groups is 1. The van der Waals surface area contributed by atoms with Crippen LogP contribution in [0, 0.1) is 11.7 Å². The van der Waals surface area contributed by atoms with Crippen LogP contribution in [0.5, 0.6) is 0 Å². The minimum absolute atomic E-state index is 0.0192. The summed E-state index contributed by atoms with van der Waals surface area (Å²) in [6.07, 6.45) is -2.44. The standard InChI is InChI=1S/C21H25F4NO3S/c1-3-5-17(26-29-4-2)20-18(27)10-13(11-19(20)28)8-9-30-14-6-7-16(22)15(12-14)21(23,24)25/h6-7,12-13,27H,3-5,8-11H2,1-2H3. The van der Waals surface area contributed by atoms with Gasteiger partial charge in [0.05, 0.1) is 16.8 Å². The molecule has 1 aliphatic rings. The molecule has 0 spiro atoms. The summed E-state index contributed by atoms with van der Waals surface area (Å²) in [4.78, 5) is 18.0. The lowest BCUT2D eigenvalue weighted by atomic mass is 9.83. The largest absolute Gasteiger partial charge is 0.511 e. The summed E-state index contributed by atoms with van der Waals surface area (Å²) in [5, 5.41) is 14.4. The van der Waals surface area contributed by atoms with E-state index in [9.17, 15) is 27.5 Å². The lowest BCUT2D eigenvalue weighted by molar-refractivity contribution is -0.140. The molecule has 1 atom stereocenters. The molecule has 9 heteroatoms. The molecule has 0 fully saturated rings. The molecule has 1 N–H and O–H groups in total. The Morgan fingerprint density at radius 1 is 1.30 bits per heavy atom. The monoisotopic (exact) mass is 447 g/mol. The van der Waals surface area contributed by atoms with Crippen LogP contribution in [0.15, 0.2) is 39.6 Å². The molecular formula is C21H25F4NO3S. The first-order valence-corrected chi connectivity index (χ1v) is 10.8. The highest BCUT2D eigenvalue weighted by atomic mass is 32.2. The van der Waals surface area contributed by atoms with Crippen LogP contribution in [0.2, 0.25) is 0 Å². The Hall–Kier alpha value is -2.03. The van der Waals surface area contributed by atoms with Gasteiger partial charge in [0, 0.05) is 17.7 Å². The van der Waals surface area contributed by atoms with Gasteiger partial charge in [-0.2, -0.15) is 13.2 Å². The van der Waals surface area contributed by atoms with E-state index in [1.54, 1.807) is 6.92 Å². The van der Waals surface area contributed by atoms with Crippen molar-refractivity contribution >= 4 is 23.3 Å². The molecule has 0 saturated carbocycles. The molecule has 0 saturated heterocycles. The number of benzene rings is 1. The first kappa shape index (κ1) is 24.2. The van der Waals surface area contributed by atoms with Gasteiger partial charge in [-0.1, -0.05) is 18.5 Å². The van der Waals surface area contributed by atoms with Crippen molar-refractivity contribution in [1.82, 2.24) is 0 Å². The van der Waals surface area contributed by atoms with Crippen molar-refractivity contribution in [2.75, 3.05) is 12.4 Å². The zero-order valence-electron chi connectivity index (χ0n) is 16.9. The highest BCUT2D eigenvalue weighted by Gasteiger charge is 2.34. The highest BCUT2D eigenvalue weighted by Crippen LogP contribution is 2.35. The molecule has 166 valence electrons. The predicted octanol–water partition coefficient (Wildman–Crippen LogP) is 6.31. The number of allylic oxidation sites excluding steroid dienone is 2. The van der Waals surface area contributed by atoms with Gasteiger partial charge in [0.15, 0.2) is 5.78 Å². The second-order valence-electron chi connectivity index (χ2n) is 7.00. The van der Waals surface area contributed by atoms with Crippen LogP contribution in [-0.4, -0.2) is 29.0 Å². The van der Waals surface area contributed by atoms with E-state index in [-0.39, 0.29) is 29.5 Å².